The van der Waals surface area contributed by atoms with Crippen molar-refractivity contribution >= 4 is 33.4 Å². The van der Waals surface area contributed by atoms with Crippen LogP contribution in [-0.2, 0) is 4.74 Å². The van der Waals surface area contributed by atoms with Crippen LogP contribution in [0.15, 0.2) is 0 Å². The number of alkyl halides is 2. The first kappa shape index (κ1) is 8.85. The minimum Gasteiger partial charge on any atom is -0.377 e. The topological polar surface area (TPSA) is 9.23 Å². The molecule has 0 aliphatic carbocycles. The molecule has 0 bridgehead atoms. The van der Waals surface area contributed by atoms with Crippen LogP contribution < -0.4 is 0 Å². The molecule has 1 heterocycles. The standard InChI is InChI=1S/C6H12Cl2OSi/c7-5(8)6(10)3-1-2-4-9-6/h5H,1-4H2,10H3. The van der Waals surface area contributed by atoms with Gasteiger partial charge in [-0.1, -0.05) is 0 Å². The van der Waals surface area contributed by atoms with E-state index in [4.69, 9.17) is 27.9 Å². The Morgan fingerprint density at radius 2 is 2.10 bits per heavy atom. The van der Waals surface area contributed by atoms with Crippen LogP contribution in [0.2, 0.25) is 0 Å². The Hall–Kier alpha value is 0.757. The predicted molar refractivity (Wildman–Crippen MR) is 48.0 cm³/mol. The normalized spacial score (nSPS) is 35.1. The SMILES string of the molecule is [SiH3]C1(C(Cl)Cl)CCCCO1. The second-order valence-corrected chi connectivity index (χ2v) is 5.71. The lowest BCUT2D eigenvalue weighted by molar-refractivity contribution is -0.00816. The van der Waals surface area contributed by atoms with Crippen molar-refractivity contribution in [1.82, 2.24) is 0 Å². The summed E-state index contributed by atoms with van der Waals surface area (Å²) >= 11 is 11.5. The van der Waals surface area contributed by atoms with Gasteiger partial charge in [0.15, 0.2) is 0 Å². The van der Waals surface area contributed by atoms with Crippen LogP contribution in [0, 0.1) is 0 Å². The zero-order valence-electron chi connectivity index (χ0n) is 6.07. The molecule has 1 unspecified atom stereocenters. The highest BCUT2D eigenvalue weighted by Gasteiger charge is 2.33. The van der Waals surface area contributed by atoms with Crippen LogP contribution >= 0.6 is 23.2 Å². The monoisotopic (exact) mass is 198 g/mol. The highest BCUT2D eigenvalue weighted by Crippen LogP contribution is 2.30. The maximum atomic E-state index is 5.77. The van der Waals surface area contributed by atoms with Crippen LogP contribution in [0.1, 0.15) is 19.3 Å². The molecule has 1 aliphatic rings. The molecule has 1 saturated heterocycles. The summed E-state index contributed by atoms with van der Waals surface area (Å²) in [4.78, 5) is -0.334. The van der Waals surface area contributed by atoms with Gasteiger partial charge in [0.25, 0.3) is 0 Å². The van der Waals surface area contributed by atoms with Gasteiger partial charge in [-0.15, -0.1) is 23.2 Å². The van der Waals surface area contributed by atoms with E-state index in [1.165, 1.54) is 6.42 Å². The van der Waals surface area contributed by atoms with E-state index in [1.807, 2.05) is 0 Å². The van der Waals surface area contributed by atoms with Crippen molar-refractivity contribution in [2.75, 3.05) is 6.61 Å². The van der Waals surface area contributed by atoms with Crippen molar-refractivity contribution in [2.45, 2.75) is 29.3 Å². The van der Waals surface area contributed by atoms with E-state index >= 15 is 0 Å². The van der Waals surface area contributed by atoms with Gasteiger partial charge in [-0.3, -0.25) is 0 Å². The third-order valence-corrected chi connectivity index (χ3v) is 4.98. The maximum absolute atomic E-state index is 5.77. The van der Waals surface area contributed by atoms with Crippen LogP contribution in [-0.4, -0.2) is 26.9 Å². The van der Waals surface area contributed by atoms with E-state index in [2.05, 4.69) is 0 Å². The molecule has 60 valence electrons. The summed E-state index contributed by atoms with van der Waals surface area (Å²) in [6.45, 7) is 0.833. The Morgan fingerprint density at radius 1 is 1.40 bits per heavy atom. The maximum Gasteiger partial charge on any atom is 0.132 e. The highest BCUT2D eigenvalue weighted by molar-refractivity contribution is 6.48. The van der Waals surface area contributed by atoms with Crippen molar-refractivity contribution in [2.24, 2.45) is 0 Å². The van der Waals surface area contributed by atoms with Gasteiger partial charge in [0.2, 0.25) is 0 Å². The van der Waals surface area contributed by atoms with Crippen molar-refractivity contribution in [1.29, 1.82) is 0 Å². The molecule has 1 atom stereocenters. The lowest BCUT2D eigenvalue weighted by Gasteiger charge is -2.34. The third kappa shape index (κ3) is 1.88. The quantitative estimate of drug-likeness (QED) is 0.453. The molecule has 0 aromatic heterocycles. The molecule has 1 nitrogen and oxygen atoms in total. The Labute approximate surface area is 74.4 Å². The molecular weight excluding hydrogens is 187 g/mol. The number of hydrogen-bond donors (Lipinski definition) is 0. The minimum atomic E-state index is -0.334. The molecule has 4 heteroatoms. The summed E-state index contributed by atoms with van der Waals surface area (Å²) in [7, 11) is 0.928. The van der Waals surface area contributed by atoms with Crippen molar-refractivity contribution in [3.63, 3.8) is 0 Å². The summed E-state index contributed by atoms with van der Waals surface area (Å²) in [5, 5.41) is -0.151. The fourth-order valence-electron chi connectivity index (χ4n) is 1.13. The van der Waals surface area contributed by atoms with Gasteiger partial charge in [0.05, 0.1) is 5.22 Å². The van der Waals surface area contributed by atoms with Gasteiger partial charge in [0.1, 0.15) is 4.84 Å². The molecule has 1 rings (SSSR count). The number of rotatable bonds is 1. The molecule has 0 aromatic carbocycles. The molecule has 0 saturated carbocycles. The van der Waals surface area contributed by atoms with Crippen molar-refractivity contribution in [3.05, 3.63) is 0 Å². The lowest BCUT2D eigenvalue weighted by atomic mass is 10.1. The van der Waals surface area contributed by atoms with E-state index in [0.29, 0.717) is 0 Å². The third-order valence-electron chi connectivity index (χ3n) is 1.96. The first-order valence-electron chi connectivity index (χ1n) is 3.57. The highest BCUT2D eigenvalue weighted by atomic mass is 35.5. The van der Waals surface area contributed by atoms with E-state index < -0.39 is 0 Å². The van der Waals surface area contributed by atoms with Crippen LogP contribution in [0.4, 0.5) is 0 Å². The van der Waals surface area contributed by atoms with Gasteiger partial charge >= 0.3 is 0 Å². The average molecular weight is 199 g/mol. The van der Waals surface area contributed by atoms with Crippen molar-refractivity contribution in [3.8, 4) is 0 Å². The Bertz CT molecular complexity index is 112. The molecule has 0 radical (unpaired) electrons. The molecular formula is C6H12Cl2OSi. The summed E-state index contributed by atoms with van der Waals surface area (Å²) < 4.78 is 5.52. The summed E-state index contributed by atoms with van der Waals surface area (Å²) in [5.74, 6) is 0. The molecule has 0 N–H and O–H groups in total. The minimum absolute atomic E-state index is 0.151. The second kappa shape index (κ2) is 3.44. The van der Waals surface area contributed by atoms with E-state index in [9.17, 15) is 0 Å². The van der Waals surface area contributed by atoms with Crippen molar-refractivity contribution < 1.29 is 4.74 Å². The molecule has 10 heavy (non-hydrogen) atoms. The summed E-state index contributed by atoms with van der Waals surface area (Å²) in [6.07, 6.45) is 3.40. The zero-order valence-corrected chi connectivity index (χ0v) is 9.58. The first-order chi connectivity index (χ1) is 4.65. The van der Waals surface area contributed by atoms with Gasteiger partial charge in [-0.05, 0) is 19.3 Å². The van der Waals surface area contributed by atoms with Gasteiger partial charge < -0.3 is 4.74 Å². The van der Waals surface area contributed by atoms with Crippen LogP contribution in [0.5, 0.6) is 0 Å². The second-order valence-electron chi connectivity index (χ2n) is 2.92. The zero-order chi connectivity index (χ0) is 7.61. The smallest absolute Gasteiger partial charge is 0.132 e. The van der Waals surface area contributed by atoms with Gasteiger partial charge in [-0.25, -0.2) is 0 Å². The Morgan fingerprint density at radius 3 is 2.40 bits per heavy atom. The number of halogens is 2. The van der Waals surface area contributed by atoms with Gasteiger partial charge in [-0.2, -0.15) is 0 Å². The first-order valence-corrected chi connectivity index (χ1v) is 5.44. The fraction of sp³-hybridized carbons (Fsp3) is 1.00. The molecule has 0 aromatic rings. The van der Waals surface area contributed by atoms with Crippen LogP contribution in [0.25, 0.3) is 0 Å². The predicted octanol–water partition coefficient (Wildman–Crippen LogP) is 1.05. The number of ether oxygens (including phenoxy) is 1. The van der Waals surface area contributed by atoms with E-state index in [-0.39, 0.29) is 10.1 Å². The molecule has 1 aliphatic heterocycles. The molecule has 0 amide bonds. The molecule has 1 fully saturated rings. The summed E-state index contributed by atoms with van der Waals surface area (Å²) in [5.41, 5.74) is 0. The summed E-state index contributed by atoms with van der Waals surface area (Å²) in [6, 6.07) is 0. The largest absolute Gasteiger partial charge is 0.377 e. The molecule has 0 spiro atoms. The van der Waals surface area contributed by atoms with E-state index in [0.717, 1.165) is 29.7 Å². The lowest BCUT2D eigenvalue weighted by Crippen LogP contribution is -2.42. The average Bonchev–Trinajstić information content (AvgIpc) is 1.89. The van der Waals surface area contributed by atoms with E-state index in [1.54, 1.807) is 0 Å². The number of hydrogen-bond acceptors (Lipinski definition) is 1. The van der Waals surface area contributed by atoms with Gasteiger partial charge in [0, 0.05) is 16.8 Å². The Balaban J connectivity index is 2.48. The van der Waals surface area contributed by atoms with Crippen LogP contribution in [0.3, 0.4) is 0 Å². The fourth-order valence-corrected chi connectivity index (χ4v) is 2.03. The Kier molecular flexibility index (Phi) is 3.04.